The van der Waals surface area contributed by atoms with Gasteiger partial charge in [-0.1, -0.05) is 60.7 Å². The number of pyridine rings is 1. The van der Waals surface area contributed by atoms with Crippen LogP contribution >= 0.6 is 0 Å². The van der Waals surface area contributed by atoms with Crippen LogP contribution in [-0.4, -0.2) is 65.0 Å². The number of benzene rings is 3. The summed E-state index contributed by atoms with van der Waals surface area (Å²) in [5.41, 5.74) is 5.40. The third-order valence-electron chi connectivity index (χ3n) is 8.59. The van der Waals surface area contributed by atoms with E-state index in [1.807, 2.05) is 97.9 Å². The van der Waals surface area contributed by atoms with Gasteiger partial charge in [0.05, 0.1) is 22.5 Å². The number of ether oxygens (including phenoxy) is 1. The van der Waals surface area contributed by atoms with Crippen molar-refractivity contribution in [3.63, 3.8) is 0 Å². The molecular weight excluding hydrogens is 516 g/mol. The summed E-state index contributed by atoms with van der Waals surface area (Å²) in [7, 11) is 4.03. The molecule has 2 amide bonds. The Morgan fingerprint density at radius 3 is 2.49 bits per heavy atom. The summed E-state index contributed by atoms with van der Waals surface area (Å²) in [4.78, 5) is 35.1. The predicted octanol–water partition coefficient (Wildman–Crippen LogP) is 4.41. The van der Waals surface area contributed by atoms with E-state index in [1.165, 1.54) is 0 Å². The molecule has 1 aliphatic heterocycles. The lowest BCUT2D eigenvalue weighted by atomic mass is 9.91. The molecule has 8 heteroatoms. The Kier molecular flexibility index (Phi) is 7.19. The van der Waals surface area contributed by atoms with E-state index in [-0.39, 0.29) is 5.91 Å². The van der Waals surface area contributed by atoms with Gasteiger partial charge in [0.15, 0.2) is 0 Å². The fourth-order valence-electron chi connectivity index (χ4n) is 6.10. The monoisotopic (exact) mass is 550 g/mol. The highest BCUT2D eigenvalue weighted by Gasteiger charge is 2.66. The largest absolute Gasteiger partial charge is 0.489 e. The van der Waals surface area contributed by atoms with Gasteiger partial charge in [0.25, 0.3) is 0 Å². The smallest absolute Gasteiger partial charge is 0.247 e. The van der Waals surface area contributed by atoms with E-state index in [1.54, 1.807) is 5.48 Å². The van der Waals surface area contributed by atoms with Crippen LogP contribution in [0, 0.1) is 5.92 Å². The van der Waals surface area contributed by atoms with Gasteiger partial charge in [0.1, 0.15) is 12.4 Å². The predicted molar refractivity (Wildman–Crippen MR) is 156 cm³/mol. The highest BCUT2D eigenvalue weighted by molar-refractivity contribution is 6.00. The van der Waals surface area contributed by atoms with Crippen molar-refractivity contribution >= 4 is 22.7 Å². The molecule has 8 nitrogen and oxygen atoms in total. The summed E-state index contributed by atoms with van der Waals surface area (Å²) in [6.07, 6.45) is 1.26. The molecule has 0 radical (unpaired) electrons. The highest BCUT2D eigenvalue weighted by Crippen LogP contribution is 2.56. The minimum Gasteiger partial charge on any atom is -0.489 e. The molecule has 4 aromatic rings. The fourth-order valence-corrected chi connectivity index (χ4v) is 6.10. The Labute approximate surface area is 239 Å². The maximum Gasteiger partial charge on any atom is 0.247 e. The molecule has 1 saturated heterocycles. The molecule has 2 fully saturated rings. The quantitative estimate of drug-likeness (QED) is 0.249. The molecular formula is C33H34N4O4. The normalized spacial score (nSPS) is 21.7. The number of carbonyl (C=O) groups excluding carboxylic acids is 2. The van der Waals surface area contributed by atoms with E-state index in [0.717, 1.165) is 39.7 Å². The molecule has 3 atom stereocenters. The zero-order valence-corrected chi connectivity index (χ0v) is 23.3. The molecule has 6 rings (SSSR count). The molecule has 210 valence electrons. The van der Waals surface area contributed by atoms with Gasteiger partial charge in [0.2, 0.25) is 11.8 Å². The van der Waals surface area contributed by atoms with Gasteiger partial charge < -0.3 is 14.5 Å². The third kappa shape index (κ3) is 5.05. The van der Waals surface area contributed by atoms with Crippen LogP contribution in [0.25, 0.3) is 22.2 Å². The van der Waals surface area contributed by atoms with Crippen LogP contribution in [0.15, 0.2) is 84.9 Å². The van der Waals surface area contributed by atoms with E-state index in [0.29, 0.717) is 37.9 Å². The number of hydrogen-bond acceptors (Lipinski definition) is 6. The number of rotatable bonds is 8. The second kappa shape index (κ2) is 11.0. The molecule has 2 aliphatic rings. The SMILES string of the molecule is CN(C)[C@H]1CCN(C(=O)[C@@]2(c3ccc(OCc4cc(-c5ccccc5)nc5ccccc45)cc3)C[C@@H]2C(=O)NO)C1. The average molecular weight is 551 g/mol. The van der Waals surface area contributed by atoms with Crippen LogP contribution in [-0.2, 0) is 21.6 Å². The lowest BCUT2D eigenvalue weighted by molar-refractivity contribution is -0.137. The first kappa shape index (κ1) is 26.9. The number of likely N-dealkylation sites (tertiary alicyclic amines) is 1. The first-order valence-corrected chi connectivity index (χ1v) is 14.0. The van der Waals surface area contributed by atoms with Crippen LogP contribution in [0.3, 0.4) is 0 Å². The van der Waals surface area contributed by atoms with Gasteiger partial charge in [-0.05, 0) is 56.8 Å². The number of amides is 2. The third-order valence-corrected chi connectivity index (χ3v) is 8.59. The molecule has 1 saturated carbocycles. The van der Waals surface area contributed by atoms with Crippen LogP contribution in [0.5, 0.6) is 5.75 Å². The standard InChI is InChI=1S/C33H34N4O4/c1-36(2)25-16-17-37(20-25)32(39)33(19-28(33)31(38)35-40)24-12-14-26(15-13-24)41-21-23-18-30(22-8-4-3-5-9-22)34-29-11-7-6-10-27(23)29/h3-15,18,25,28,40H,16-17,19-21H2,1-2H3,(H,35,38)/t25-,28+,33+/m0/s1. The Balaban J connectivity index is 1.23. The molecule has 3 aromatic carbocycles. The van der Waals surface area contributed by atoms with Gasteiger partial charge in [-0.15, -0.1) is 0 Å². The number of hydrogen-bond donors (Lipinski definition) is 2. The average Bonchev–Trinajstić information content (AvgIpc) is 3.57. The first-order valence-electron chi connectivity index (χ1n) is 14.0. The van der Waals surface area contributed by atoms with Crippen molar-refractivity contribution in [3.05, 3.63) is 96.1 Å². The number of hydroxylamine groups is 1. The lowest BCUT2D eigenvalue weighted by Gasteiger charge is -2.26. The second-order valence-corrected chi connectivity index (χ2v) is 11.2. The van der Waals surface area contributed by atoms with E-state index < -0.39 is 17.2 Å². The Hall–Kier alpha value is -4.27. The maximum atomic E-state index is 13.8. The van der Waals surface area contributed by atoms with Crippen LogP contribution in [0.2, 0.25) is 0 Å². The molecule has 2 heterocycles. The highest BCUT2D eigenvalue weighted by atomic mass is 16.5. The molecule has 0 spiro atoms. The topological polar surface area (TPSA) is 95.0 Å². The van der Waals surface area contributed by atoms with Gasteiger partial charge in [-0.25, -0.2) is 10.5 Å². The van der Waals surface area contributed by atoms with E-state index in [2.05, 4.69) is 11.0 Å². The Bertz CT molecular complexity index is 1570. The lowest BCUT2D eigenvalue weighted by Crippen LogP contribution is -2.42. The molecule has 0 unspecified atom stereocenters. The minimum atomic E-state index is -0.974. The van der Waals surface area contributed by atoms with Gasteiger partial charge in [-0.2, -0.15) is 0 Å². The van der Waals surface area contributed by atoms with Gasteiger partial charge >= 0.3 is 0 Å². The number of carbonyl (C=O) groups is 2. The van der Waals surface area contributed by atoms with Crippen molar-refractivity contribution in [2.45, 2.75) is 30.9 Å². The summed E-state index contributed by atoms with van der Waals surface area (Å²) >= 11 is 0. The number of fused-ring (bicyclic) bond motifs is 1. The Morgan fingerprint density at radius 2 is 1.78 bits per heavy atom. The van der Waals surface area contributed by atoms with Crippen molar-refractivity contribution in [3.8, 4) is 17.0 Å². The summed E-state index contributed by atoms with van der Waals surface area (Å²) in [5.74, 6) is -0.525. The van der Waals surface area contributed by atoms with Gasteiger partial charge in [0, 0.05) is 35.6 Å². The fraction of sp³-hybridized carbons (Fsp3) is 0.303. The summed E-state index contributed by atoms with van der Waals surface area (Å²) in [6.45, 7) is 1.64. The van der Waals surface area contributed by atoms with Crippen molar-refractivity contribution < 1.29 is 19.5 Å². The number of likely N-dealkylation sites (N-methyl/N-ethyl adjacent to an activating group) is 1. The zero-order chi connectivity index (χ0) is 28.6. The Morgan fingerprint density at radius 1 is 1.05 bits per heavy atom. The minimum absolute atomic E-state index is 0.0548. The van der Waals surface area contributed by atoms with Gasteiger partial charge in [-0.3, -0.25) is 14.8 Å². The van der Waals surface area contributed by atoms with E-state index in [9.17, 15) is 14.8 Å². The maximum absolute atomic E-state index is 13.8. The van der Waals surface area contributed by atoms with E-state index >= 15 is 0 Å². The molecule has 2 N–H and O–H groups in total. The molecule has 1 aromatic heterocycles. The molecule has 1 aliphatic carbocycles. The molecule has 41 heavy (non-hydrogen) atoms. The van der Waals surface area contributed by atoms with E-state index in [4.69, 9.17) is 9.72 Å². The zero-order valence-electron chi connectivity index (χ0n) is 23.3. The number of para-hydroxylation sites is 1. The molecule has 0 bridgehead atoms. The number of aromatic nitrogens is 1. The summed E-state index contributed by atoms with van der Waals surface area (Å²) < 4.78 is 6.23. The van der Waals surface area contributed by atoms with Crippen LogP contribution in [0.4, 0.5) is 0 Å². The van der Waals surface area contributed by atoms with Crippen molar-refractivity contribution in [1.29, 1.82) is 0 Å². The van der Waals surface area contributed by atoms with Crippen molar-refractivity contribution in [2.75, 3.05) is 27.2 Å². The first-order chi connectivity index (χ1) is 19.9. The summed E-state index contributed by atoms with van der Waals surface area (Å²) in [5, 5.41) is 10.4. The summed E-state index contributed by atoms with van der Waals surface area (Å²) in [6, 6.07) is 27.9. The van der Waals surface area contributed by atoms with Crippen LogP contribution in [0.1, 0.15) is 24.0 Å². The van der Waals surface area contributed by atoms with Crippen LogP contribution < -0.4 is 10.2 Å². The number of nitrogens with one attached hydrogen (secondary N) is 1. The van der Waals surface area contributed by atoms with Crippen molar-refractivity contribution in [2.24, 2.45) is 5.92 Å². The second-order valence-electron chi connectivity index (χ2n) is 11.2. The number of nitrogens with zero attached hydrogens (tertiary/aromatic N) is 3. The van der Waals surface area contributed by atoms with Crippen molar-refractivity contribution in [1.82, 2.24) is 20.3 Å².